The Labute approximate surface area is 163 Å². The lowest BCUT2D eigenvalue weighted by Crippen LogP contribution is -2.44. The summed E-state index contributed by atoms with van der Waals surface area (Å²) in [6, 6.07) is 9.31. The Hall–Kier alpha value is -2.14. The fourth-order valence-corrected chi connectivity index (χ4v) is 2.65. The molecule has 0 bridgehead atoms. The van der Waals surface area contributed by atoms with E-state index in [0.29, 0.717) is 11.5 Å². The number of anilines is 1. The number of aliphatic hydroxyl groups is 6. The normalized spacial score (nSPS) is 15.6. The first kappa shape index (κ1) is 22.2. The molecule has 0 aliphatic heterocycles. The third-order valence-electron chi connectivity index (χ3n) is 4.32. The molecule has 0 aliphatic rings. The maximum atomic E-state index is 10.5. The fourth-order valence-electron chi connectivity index (χ4n) is 2.65. The summed E-state index contributed by atoms with van der Waals surface area (Å²) in [6.07, 6.45) is -2.15. The molecule has 0 saturated carbocycles. The van der Waals surface area contributed by atoms with Crippen LogP contribution in [0.4, 0.5) is 5.82 Å². The van der Waals surface area contributed by atoms with Crippen molar-refractivity contribution in [3.05, 3.63) is 54.0 Å². The first-order valence-corrected chi connectivity index (χ1v) is 9.01. The molecule has 154 valence electrons. The second-order valence-electron chi connectivity index (χ2n) is 6.49. The van der Waals surface area contributed by atoms with Crippen LogP contribution in [0.15, 0.2) is 42.7 Å². The van der Waals surface area contributed by atoms with Gasteiger partial charge in [-0.15, -0.1) is 0 Å². The van der Waals surface area contributed by atoms with Crippen molar-refractivity contribution in [1.29, 1.82) is 0 Å². The zero-order chi connectivity index (χ0) is 20.5. The van der Waals surface area contributed by atoms with E-state index in [0.717, 1.165) is 5.56 Å². The number of aliphatic hydroxyl groups excluding tert-OH is 6. The van der Waals surface area contributed by atoms with Gasteiger partial charge in [-0.25, -0.2) is 4.98 Å². The molecule has 28 heavy (non-hydrogen) atoms. The zero-order valence-corrected chi connectivity index (χ0v) is 15.4. The number of rotatable bonds is 11. The molecular weight excluding hydrogens is 366 g/mol. The van der Waals surface area contributed by atoms with Crippen molar-refractivity contribution >= 4 is 5.82 Å². The summed E-state index contributed by atoms with van der Waals surface area (Å²) in [5.41, 5.74) is 1.28. The van der Waals surface area contributed by atoms with Gasteiger partial charge in [0.05, 0.1) is 30.8 Å². The molecule has 1 aromatic carbocycles. The Morgan fingerprint density at radius 2 is 1.57 bits per heavy atom. The van der Waals surface area contributed by atoms with Crippen molar-refractivity contribution < 1.29 is 30.6 Å². The van der Waals surface area contributed by atoms with Gasteiger partial charge in [0.1, 0.15) is 18.0 Å². The van der Waals surface area contributed by atoms with Gasteiger partial charge in [0, 0.05) is 26.0 Å². The largest absolute Gasteiger partial charge is 0.396 e. The first-order chi connectivity index (χ1) is 13.5. The van der Waals surface area contributed by atoms with Crippen LogP contribution in [0.25, 0.3) is 0 Å². The molecule has 0 fully saturated rings. The summed E-state index contributed by atoms with van der Waals surface area (Å²) in [5.74, 6) is 0.300. The smallest absolute Gasteiger partial charge is 0.154 e. The summed E-state index contributed by atoms with van der Waals surface area (Å²) in [7, 11) is 0. The van der Waals surface area contributed by atoms with Crippen LogP contribution in [0.3, 0.4) is 0 Å². The number of hydrogen-bond acceptors (Lipinski definition) is 9. The second kappa shape index (κ2) is 11.0. The van der Waals surface area contributed by atoms with Crippen LogP contribution in [0.2, 0.25) is 0 Å². The highest BCUT2D eigenvalue weighted by Crippen LogP contribution is 2.19. The molecule has 9 heteroatoms. The van der Waals surface area contributed by atoms with Crippen LogP contribution in [0, 0.1) is 0 Å². The lowest BCUT2D eigenvalue weighted by Gasteiger charge is -2.32. The number of benzene rings is 1. The summed E-state index contributed by atoms with van der Waals surface area (Å²) in [6.45, 7) is -0.579. The molecule has 1 aromatic heterocycles. The third kappa shape index (κ3) is 6.20. The molecule has 0 unspecified atom stereocenters. The van der Waals surface area contributed by atoms with Gasteiger partial charge in [0.25, 0.3) is 0 Å². The van der Waals surface area contributed by atoms with E-state index in [9.17, 15) is 20.4 Å². The van der Waals surface area contributed by atoms with Crippen LogP contribution >= 0.6 is 0 Å². The Morgan fingerprint density at radius 1 is 0.857 bits per heavy atom. The third-order valence-corrected chi connectivity index (χ3v) is 4.32. The van der Waals surface area contributed by atoms with E-state index in [1.807, 2.05) is 30.3 Å². The Balaban J connectivity index is 2.19. The van der Waals surface area contributed by atoms with Gasteiger partial charge >= 0.3 is 0 Å². The van der Waals surface area contributed by atoms with Crippen LogP contribution in [-0.2, 0) is 13.0 Å². The minimum absolute atomic E-state index is 0.00318. The molecule has 0 saturated heterocycles. The molecule has 4 atom stereocenters. The molecule has 2 aromatic rings. The minimum Gasteiger partial charge on any atom is -0.396 e. The highest BCUT2D eigenvalue weighted by Gasteiger charge is 2.25. The molecule has 6 N–H and O–H groups in total. The van der Waals surface area contributed by atoms with Gasteiger partial charge in [-0.3, -0.25) is 4.98 Å². The molecule has 9 nitrogen and oxygen atoms in total. The van der Waals surface area contributed by atoms with E-state index in [1.165, 1.54) is 17.3 Å². The summed E-state index contributed by atoms with van der Waals surface area (Å²) in [4.78, 5) is 9.90. The molecule has 0 radical (unpaired) electrons. The maximum Gasteiger partial charge on any atom is 0.154 e. The molecule has 0 amide bonds. The Bertz CT molecular complexity index is 688. The monoisotopic (exact) mass is 393 g/mol. The molecule has 2 rings (SSSR count). The number of nitrogens with zero attached hydrogens (tertiary/aromatic N) is 3. The van der Waals surface area contributed by atoms with Gasteiger partial charge in [-0.2, -0.15) is 0 Å². The van der Waals surface area contributed by atoms with Crippen molar-refractivity contribution in [3.8, 4) is 0 Å². The van der Waals surface area contributed by atoms with E-state index in [1.54, 1.807) is 0 Å². The van der Waals surface area contributed by atoms with Crippen LogP contribution < -0.4 is 4.90 Å². The standard InChI is InChI=1S/C19H27N3O6/c23-7-6-15(25)19(28)22(11-13-4-2-1-3-5-13)18-10-20-14(9-21-18)8-16(26)17(27)12-24/h1-5,9-10,15-17,19,23-28H,6-8,11-12H2/t15-,16+,17-,19-/m1/s1. The quantitative estimate of drug-likeness (QED) is 0.259. The number of aromatic nitrogens is 2. The van der Waals surface area contributed by atoms with E-state index in [4.69, 9.17) is 10.2 Å². The summed E-state index contributed by atoms with van der Waals surface area (Å²) >= 11 is 0. The van der Waals surface area contributed by atoms with Crippen molar-refractivity contribution in [2.45, 2.75) is 43.9 Å². The van der Waals surface area contributed by atoms with Crippen molar-refractivity contribution in [2.24, 2.45) is 0 Å². The Morgan fingerprint density at radius 3 is 2.14 bits per heavy atom. The SMILES string of the molecule is OCC[C@@H](O)[C@@H](O)N(Cc1ccccc1)c1cnc(C[C@H](O)[C@H](O)CO)cn1. The van der Waals surface area contributed by atoms with E-state index in [2.05, 4.69) is 9.97 Å². The molecule has 0 aliphatic carbocycles. The Kier molecular flexibility index (Phi) is 8.71. The zero-order valence-electron chi connectivity index (χ0n) is 15.4. The lowest BCUT2D eigenvalue weighted by atomic mass is 10.1. The van der Waals surface area contributed by atoms with Crippen LogP contribution in [0.5, 0.6) is 0 Å². The summed E-state index contributed by atoms with van der Waals surface area (Å²) in [5, 5.41) is 57.8. The van der Waals surface area contributed by atoms with E-state index >= 15 is 0 Å². The van der Waals surface area contributed by atoms with E-state index < -0.39 is 31.1 Å². The average Bonchev–Trinajstić information content (AvgIpc) is 2.72. The van der Waals surface area contributed by atoms with Crippen LogP contribution in [-0.4, -0.2) is 78.4 Å². The highest BCUT2D eigenvalue weighted by atomic mass is 16.4. The van der Waals surface area contributed by atoms with Gasteiger partial charge in [-0.05, 0) is 5.56 Å². The van der Waals surface area contributed by atoms with Gasteiger partial charge < -0.3 is 35.5 Å². The van der Waals surface area contributed by atoms with Gasteiger partial charge in [0.15, 0.2) is 6.23 Å². The van der Waals surface area contributed by atoms with Crippen molar-refractivity contribution in [3.63, 3.8) is 0 Å². The lowest BCUT2D eigenvalue weighted by molar-refractivity contribution is -0.0137. The molecule has 0 spiro atoms. The maximum absolute atomic E-state index is 10.5. The van der Waals surface area contributed by atoms with Crippen molar-refractivity contribution in [1.82, 2.24) is 9.97 Å². The van der Waals surface area contributed by atoms with Crippen molar-refractivity contribution in [2.75, 3.05) is 18.1 Å². The fraction of sp³-hybridized carbons (Fsp3) is 0.474. The second-order valence-corrected chi connectivity index (χ2v) is 6.49. The van der Waals surface area contributed by atoms with Gasteiger partial charge in [-0.1, -0.05) is 30.3 Å². The molecular formula is C19H27N3O6. The highest BCUT2D eigenvalue weighted by molar-refractivity contribution is 5.38. The number of hydrogen-bond donors (Lipinski definition) is 6. The van der Waals surface area contributed by atoms with Crippen LogP contribution in [0.1, 0.15) is 17.7 Å². The first-order valence-electron chi connectivity index (χ1n) is 9.01. The van der Waals surface area contributed by atoms with E-state index in [-0.39, 0.29) is 26.0 Å². The average molecular weight is 393 g/mol. The minimum atomic E-state index is -1.31. The van der Waals surface area contributed by atoms with Gasteiger partial charge in [0.2, 0.25) is 0 Å². The topological polar surface area (TPSA) is 150 Å². The summed E-state index contributed by atoms with van der Waals surface area (Å²) < 4.78 is 0. The molecule has 1 heterocycles. The predicted octanol–water partition coefficient (Wildman–Crippen LogP) is -1.20. The predicted molar refractivity (Wildman–Crippen MR) is 101 cm³/mol.